The van der Waals surface area contributed by atoms with E-state index in [-0.39, 0.29) is 6.04 Å². The van der Waals surface area contributed by atoms with Gasteiger partial charge >= 0.3 is 0 Å². The summed E-state index contributed by atoms with van der Waals surface area (Å²) in [4.78, 5) is 12.3. The van der Waals surface area contributed by atoms with E-state index in [0.29, 0.717) is 0 Å². The molecule has 0 radical (unpaired) electrons. The number of aryl methyl sites for hydroxylation is 1. The molecule has 0 bridgehead atoms. The van der Waals surface area contributed by atoms with E-state index in [0.717, 1.165) is 50.5 Å². The minimum atomic E-state index is 0.190. The molecule has 0 spiro atoms. The SMILES string of the molecule is COc1cc2cc(-c3nn(C(C)C)c4ncnc(NI)c34)[nH]c2cc1C. The molecule has 0 aliphatic rings. The summed E-state index contributed by atoms with van der Waals surface area (Å²) in [5.41, 5.74) is 4.72. The molecule has 0 saturated heterocycles. The Morgan fingerprint density at radius 2 is 2.04 bits per heavy atom. The average molecular weight is 462 g/mol. The molecule has 7 nitrogen and oxygen atoms in total. The minimum absolute atomic E-state index is 0.190. The number of ether oxygens (including phenoxy) is 1. The molecule has 0 saturated carbocycles. The topological polar surface area (TPSA) is 80.7 Å². The first-order valence-electron chi connectivity index (χ1n) is 8.31. The van der Waals surface area contributed by atoms with Crippen LogP contribution in [0.25, 0.3) is 33.3 Å². The van der Waals surface area contributed by atoms with Crippen LogP contribution in [0.3, 0.4) is 0 Å². The van der Waals surface area contributed by atoms with Crippen LogP contribution in [0.2, 0.25) is 0 Å². The van der Waals surface area contributed by atoms with Crippen LogP contribution in [-0.4, -0.2) is 31.8 Å². The van der Waals surface area contributed by atoms with Gasteiger partial charge in [0, 0.05) is 16.9 Å². The van der Waals surface area contributed by atoms with E-state index >= 15 is 0 Å². The summed E-state index contributed by atoms with van der Waals surface area (Å²) in [7, 11) is 1.69. The van der Waals surface area contributed by atoms with Gasteiger partial charge < -0.3 is 13.3 Å². The smallest absolute Gasteiger partial charge is 0.164 e. The predicted octanol–water partition coefficient (Wildman–Crippen LogP) is 4.63. The first-order chi connectivity index (χ1) is 12.5. The van der Waals surface area contributed by atoms with Crippen LogP contribution in [0.4, 0.5) is 5.82 Å². The Hall–Kier alpha value is -2.36. The summed E-state index contributed by atoms with van der Waals surface area (Å²) in [6.45, 7) is 6.22. The first kappa shape index (κ1) is 17.1. The number of benzene rings is 1. The molecule has 3 aromatic heterocycles. The van der Waals surface area contributed by atoms with Gasteiger partial charge in [0.1, 0.15) is 23.6 Å². The average Bonchev–Trinajstić information content (AvgIpc) is 3.21. The van der Waals surface area contributed by atoms with Crippen molar-refractivity contribution in [1.82, 2.24) is 24.7 Å². The van der Waals surface area contributed by atoms with E-state index < -0.39 is 0 Å². The maximum atomic E-state index is 5.45. The molecule has 0 fully saturated rings. The molecule has 4 aromatic rings. The number of hydrogen-bond donors (Lipinski definition) is 2. The number of methoxy groups -OCH3 is 1. The maximum Gasteiger partial charge on any atom is 0.164 e. The van der Waals surface area contributed by atoms with Gasteiger partial charge in [-0.2, -0.15) is 5.10 Å². The normalized spacial score (nSPS) is 11.6. The van der Waals surface area contributed by atoms with Crippen molar-refractivity contribution in [2.24, 2.45) is 0 Å². The fourth-order valence-electron chi connectivity index (χ4n) is 3.21. The zero-order valence-electron chi connectivity index (χ0n) is 15.0. The van der Waals surface area contributed by atoms with E-state index in [9.17, 15) is 0 Å². The van der Waals surface area contributed by atoms with Crippen molar-refractivity contribution in [2.45, 2.75) is 26.8 Å². The minimum Gasteiger partial charge on any atom is -0.496 e. The van der Waals surface area contributed by atoms with Crippen molar-refractivity contribution in [3.05, 3.63) is 30.1 Å². The summed E-state index contributed by atoms with van der Waals surface area (Å²) in [5, 5.41) is 6.82. The van der Waals surface area contributed by atoms with Crippen LogP contribution in [-0.2, 0) is 0 Å². The van der Waals surface area contributed by atoms with Gasteiger partial charge in [0.15, 0.2) is 5.65 Å². The van der Waals surface area contributed by atoms with Crippen molar-refractivity contribution in [2.75, 3.05) is 10.6 Å². The lowest BCUT2D eigenvalue weighted by Crippen LogP contribution is -2.03. The fraction of sp³-hybridized carbons (Fsp3) is 0.278. The number of aromatic amines is 1. The molecule has 0 unspecified atom stereocenters. The van der Waals surface area contributed by atoms with Gasteiger partial charge in [-0.25, -0.2) is 14.6 Å². The lowest BCUT2D eigenvalue weighted by atomic mass is 10.1. The number of nitrogens with zero attached hydrogens (tertiary/aromatic N) is 4. The molecule has 3 heterocycles. The highest BCUT2D eigenvalue weighted by Crippen LogP contribution is 2.35. The number of anilines is 1. The number of halogens is 1. The molecule has 134 valence electrons. The molecule has 0 aliphatic carbocycles. The largest absolute Gasteiger partial charge is 0.496 e. The number of aromatic nitrogens is 5. The second-order valence-electron chi connectivity index (χ2n) is 6.49. The molecule has 0 amide bonds. The van der Waals surface area contributed by atoms with Crippen LogP contribution in [0.1, 0.15) is 25.5 Å². The second kappa shape index (κ2) is 6.42. The van der Waals surface area contributed by atoms with E-state index in [2.05, 4.69) is 67.3 Å². The van der Waals surface area contributed by atoms with Gasteiger partial charge in [-0.15, -0.1) is 0 Å². The Morgan fingerprint density at radius 1 is 1.23 bits per heavy atom. The van der Waals surface area contributed by atoms with E-state index in [4.69, 9.17) is 9.84 Å². The van der Waals surface area contributed by atoms with Gasteiger partial charge in [-0.3, -0.25) is 0 Å². The molecule has 1 aromatic carbocycles. The van der Waals surface area contributed by atoms with Gasteiger partial charge in [0.2, 0.25) is 0 Å². The van der Waals surface area contributed by atoms with Gasteiger partial charge in [-0.1, -0.05) is 0 Å². The van der Waals surface area contributed by atoms with Crippen LogP contribution >= 0.6 is 22.9 Å². The van der Waals surface area contributed by atoms with Gasteiger partial charge in [0.05, 0.1) is 41.1 Å². The lowest BCUT2D eigenvalue weighted by Gasteiger charge is -2.05. The monoisotopic (exact) mass is 462 g/mol. The number of fused-ring (bicyclic) bond motifs is 2. The summed E-state index contributed by atoms with van der Waals surface area (Å²) >= 11 is 2.09. The highest BCUT2D eigenvalue weighted by Gasteiger charge is 2.20. The Balaban J connectivity index is 2.00. The molecule has 0 atom stereocenters. The number of H-pyrrole nitrogens is 1. The lowest BCUT2D eigenvalue weighted by molar-refractivity contribution is 0.412. The molecule has 8 heteroatoms. The molecule has 2 N–H and O–H groups in total. The predicted molar refractivity (Wildman–Crippen MR) is 112 cm³/mol. The standard InChI is InChI=1S/C18H19IN6O/c1-9(2)25-18-15(17(23-19)20-8-21-18)16(24-25)13-6-11-7-14(26-4)10(3)5-12(11)22-13/h5-9,22H,1-4H3,(H,20,21,23). The van der Waals surface area contributed by atoms with Crippen LogP contribution < -0.4 is 8.27 Å². The fourth-order valence-corrected chi connectivity index (χ4v) is 3.62. The van der Waals surface area contributed by atoms with Crippen molar-refractivity contribution >= 4 is 50.6 Å². The molecule has 4 rings (SSSR count). The Morgan fingerprint density at radius 3 is 2.73 bits per heavy atom. The van der Waals surface area contributed by atoms with E-state index in [1.807, 2.05) is 17.7 Å². The first-order valence-corrected chi connectivity index (χ1v) is 9.39. The van der Waals surface area contributed by atoms with Crippen LogP contribution in [0, 0.1) is 6.92 Å². The Bertz CT molecular complexity index is 1110. The summed E-state index contributed by atoms with van der Waals surface area (Å²) in [5.74, 6) is 1.63. The summed E-state index contributed by atoms with van der Waals surface area (Å²) in [6, 6.07) is 6.41. The summed E-state index contributed by atoms with van der Waals surface area (Å²) < 4.78 is 10.5. The third-order valence-electron chi connectivity index (χ3n) is 4.46. The molecular weight excluding hydrogens is 443 g/mol. The van der Waals surface area contributed by atoms with Crippen LogP contribution in [0.15, 0.2) is 24.5 Å². The third kappa shape index (κ3) is 2.59. The molecular formula is C18H19IN6O. The quantitative estimate of drug-likeness (QED) is 0.342. The number of hydrogen-bond acceptors (Lipinski definition) is 5. The van der Waals surface area contributed by atoms with E-state index in [1.54, 1.807) is 13.4 Å². The highest BCUT2D eigenvalue weighted by molar-refractivity contribution is 14.1. The number of nitrogens with one attached hydrogen (secondary N) is 2. The van der Waals surface area contributed by atoms with Crippen molar-refractivity contribution in [3.8, 4) is 17.1 Å². The van der Waals surface area contributed by atoms with Crippen molar-refractivity contribution in [3.63, 3.8) is 0 Å². The van der Waals surface area contributed by atoms with Crippen LogP contribution in [0.5, 0.6) is 5.75 Å². The number of rotatable bonds is 4. The highest BCUT2D eigenvalue weighted by atomic mass is 127. The van der Waals surface area contributed by atoms with E-state index in [1.165, 1.54) is 0 Å². The Labute approximate surface area is 164 Å². The zero-order valence-corrected chi connectivity index (χ0v) is 17.1. The van der Waals surface area contributed by atoms with Gasteiger partial charge in [0.25, 0.3) is 0 Å². The zero-order chi connectivity index (χ0) is 18.4. The second-order valence-corrected chi connectivity index (χ2v) is 7.03. The van der Waals surface area contributed by atoms with Gasteiger partial charge in [-0.05, 0) is 44.5 Å². The molecule has 26 heavy (non-hydrogen) atoms. The maximum absolute atomic E-state index is 5.45. The Kier molecular flexibility index (Phi) is 4.22. The van der Waals surface area contributed by atoms with Crippen molar-refractivity contribution in [1.29, 1.82) is 0 Å². The van der Waals surface area contributed by atoms with Crippen molar-refractivity contribution < 1.29 is 4.74 Å². The summed E-state index contributed by atoms with van der Waals surface area (Å²) in [6.07, 6.45) is 1.56. The molecule has 0 aliphatic heterocycles. The third-order valence-corrected chi connectivity index (χ3v) is 4.97.